The van der Waals surface area contributed by atoms with Crippen LogP contribution in [0.25, 0.3) is 0 Å². The quantitative estimate of drug-likeness (QED) is 0.802. The molecule has 0 heterocycles. The molecule has 2 atom stereocenters. The molecular formula is C19H37NO. The highest BCUT2D eigenvalue weighted by atomic mass is 16.3. The van der Waals surface area contributed by atoms with Crippen molar-refractivity contribution < 1.29 is 5.11 Å². The predicted octanol–water partition coefficient (Wildman–Crippen LogP) is 4.50. The van der Waals surface area contributed by atoms with Crippen LogP contribution in [0.2, 0.25) is 0 Å². The molecule has 2 unspecified atom stereocenters. The minimum Gasteiger partial charge on any atom is -0.389 e. The van der Waals surface area contributed by atoms with E-state index in [4.69, 9.17) is 5.73 Å². The summed E-state index contributed by atoms with van der Waals surface area (Å²) in [5.74, 6) is 1.24. The molecule has 124 valence electrons. The van der Waals surface area contributed by atoms with Crippen molar-refractivity contribution in [1.29, 1.82) is 0 Å². The molecule has 2 heteroatoms. The predicted molar refractivity (Wildman–Crippen MR) is 90.1 cm³/mol. The zero-order chi connectivity index (χ0) is 15.7. The van der Waals surface area contributed by atoms with E-state index in [0.717, 1.165) is 38.0 Å². The summed E-state index contributed by atoms with van der Waals surface area (Å²) in [6.45, 7) is 9.89. The Kier molecular flexibility index (Phi) is 5.10. The van der Waals surface area contributed by atoms with E-state index in [-0.39, 0.29) is 5.41 Å². The van der Waals surface area contributed by atoms with Crippen LogP contribution < -0.4 is 5.73 Å². The average Bonchev–Trinajstić information content (AvgIpc) is 2.44. The molecular weight excluding hydrogens is 258 g/mol. The smallest absolute Gasteiger partial charge is 0.0741 e. The first-order chi connectivity index (χ1) is 9.78. The standard InChI is InChI=1S/C19H37NO/c1-5-6-16-7-9-18(14-20,10-8-16)19(21)12-11-17(3,4)13-15(19)2/h15-16,21H,5-14,20H2,1-4H3. The van der Waals surface area contributed by atoms with E-state index in [9.17, 15) is 5.11 Å². The van der Waals surface area contributed by atoms with E-state index in [2.05, 4.69) is 27.7 Å². The van der Waals surface area contributed by atoms with Crippen molar-refractivity contribution in [3.63, 3.8) is 0 Å². The Hall–Kier alpha value is -0.0800. The topological polar surface area (TPSA) is 46.2 Å². The van der Waals surface area contributed by atoms with E-state index in [1.165, 1.54) is 25.7 Å². The lowest BCUT2D eigenvalue weighted by Crippen LogP contribution is -2.60. The molecule has 0 bridgehead atoms. The highest BCUT2D eigenvalue weighted by molar-refractivity contribution is 5.07. The zero-order valence-corrected chi connectivity index (χ0v) is 14.8. The Morgan fingerprint density at radius 2 is 1.71 bits per heavy atom. The third-order valence-electron chi connectivity index (χ3n) is 6.93. The maximum atomic E-state index is 11.6. The van der Waals surface area contributed by atoms with Crippen LogP contribution in [0.1, 0.15) is 85.5 Å². The van der Waals surface area contributed by atoms with E-state index in [1.54, 1.807) is 0 Å². The van der Waals surface area contributed by atoms with Crippen LogP contribution in [0, 0.1) is 22.7 Å². The van der Waals surface area contributed by atoms with Crippen LogP contribution in [-0.2, 0) is 0 Å². The normalized spacial score (nSPS) is 43.7. The minimum atomic E-state index is -0.533. The Morgan fingerprint density at radius 3 is 2.19 bits per heavy atom. The second-order valence-electron chi connectivity index (χ2n) is 8.91. The molecule has 2 fully saturated rings. The van der Waals surface area contributed by atoms with Gasteiger partial charge in [0, 0.05) is 12.0 Å². The van der Waals surface area contributed by atoms with Gasteiger partial charge in [0.2, 0.25) is 0 Å². The molecule has 0 aromatic heterocycles. The molecule has 0 aromatic carbocycles. The van der Waals surface area contributed by atoms with Gasteiger partial charge in [-0.3, -0.25) is 0 Å². The number of rotatable bonds is 4. The van der Waals surface area contributed by atoms with Crippen LogP contribution in [0.4, 0.5) is 0 Å². The maximum absolute atomic E-state index is 11.6. The summed E-state index contributed by atoms with van der Waals surface area (Å²) < 4.78 is 0. The van der Waals surface area contributed by atoms with Crippen molar-refractivity contribution in [2.45, 2.75) is 91.1 Å². The monoisotopic (exact) mass is 295 g/mol. The van der Waals surface area contributed by atoms with Crippen molar-refractivity contribution in [3.8, 4) is 0 Å². The fourth-order valence-electron chi connectivity index (χ4n) is 5.40. The first-order valence-corrected chi connectivity index (χ1v) is 9.21. The van der Waals surface area contributed by atoms with Gasteiger partial charge in [-0.1, -0.05) is 40.5 Å². The molecule has 2 saturated carbocycles. The molecule has 3 N–H and O–H groups in total. The molecule has 0 radical (unpaired) electrons. The molecule has 2 aliphatic carbocycles. The second kappa shape index (κ2) is 6.20. The molecule has 0 aromatic rings. The minimum absolute atomic E-state index is 0.0207. The number of nitrogens with two attached hydrogens (primary N) is 1. The lowest BCUT2D eigenvalue weighted by atomic mass is 9.51. The summed E-state index contributed by atoms with van der Waals surface area (Å²) in [6.07, 6.45) is 10.6. The van der Waals surface area contributed by atoms with Gasteiger partial charge in [-0.2, -0.15) is 0 Å². The Morgan fingerprint density at radius 1 is 1.10 bits per heavy atom. The van der Waals surface area contributed by atoms with Gasteiger partial charge in [0.15, 0.2) is 0 Å². The number of hydrogen-bond acceptors (Lipinski definition) is 2. The fraction of sp³-hybridized carbons (Fsp3) is 1.00. The molecule has 0 spiro atoms. The van der Waals surface area contributed by atoms with Crippen molar-refractivity contribution in [3.05, 3.63) is 0 Å². The third kappa shape index (κ3) is 3.17. The highest BCUT2D eigenvalue weighted by Crippen LogP contribution is 2.56. The third-order valence-corrected chi connectivity index (χ3v) is 6.93. The van der Waals surface area contributed by atoms with Crippen LogP contribution in [0.5, 0.6) is 0 Å². The SMILES string of the molecule is CCCC1CCC(CN)(C2(O)CCC(C)(C)CC2C)CC1. The van der Waals surface area contributed by atoms with Gasteiger partial charge in [-0.05, 0) is 62.2 Å². The highest BCUT2D eigenvalue weighted by Gasteiger charge is 2.56. The average molecular weight is 296 g/mol. The maximum Gasteiger partial charge on any atom is 0.0741 e. The van der Waals surface area contributed by atoms with E-state index in [0.29, 0.717) is 17.9 Å². The zero-order valence-electron chi connectivity index (χ0n) is 14.8. The first-order valence-electron chi connectivity index (χ1n) is 9.21. The lowest BCUT2D eigenvalue weighted by Gasteiger charge is -2.57. The molecule has 2 aliphatic rings. The summed E-state index contributed by atoms with van der Waals surface area (Å²) >= 11 is 0. The van der Waals surface area contributed by atoms with Crippen LogP contribution in [0.3, 0.4) is 0 Å². The first kappa shape index (κ1) is 17.3. The van der Waals surface area contributed by atoms with Gasteiger partial charge in [0.1, 0.15) is 0 Å². The molecule has 0 saturated heterocycles. The van der Waals surface area contributed by atoms with E-state index >= 15 is 0 Å². The molecule has 0 amide bonds. The summed E-state index contributed by atoms with van der Waals surface area (Å²) in [5, 5.41) is 11.6. The van der Waals surface area contributed by atoms with Crippen molar-refractivity contribution in [2.75, 3.05) is 6.54 Å². The summed E-state index contributed by atoms with van der Waals surface area (Å²) in [4.78, 5) is 0. The summed E-state index contributed by atoms with van der Waals surface area (Å²) in [5.41, 5.74) is 6.07. The van der Waals surface area contributed by atoms with Crippen molar-refractivity contribution >= 4 is 0 Å². The molecule has 2 nitrogen and oxygen atoms in total. The van der Waals surface area contributed by atoms with Crippen molar-refractivity contribution in [1.82, 2.24) is 0 Å². The van der Waals surface area contributed by atoms with Gasteiger partial charge in [-0.25, -0.2) is 0 Å². The van der Waals surface area contributed by atoms with E-state index in [1.807, 2.05) is 0 Å². The fourth-order valence-corrected chi connectivity index (χ4v) is 5.40. The Labute approximate surface area is 131 Å². The van der Waals surface area contributed by atoms with Gasteiger partial charge in [0.05, 0.1) is 5.60 Å². The summed E-state index contributed by atoms with van der Waals surface area (Å²) in [7, 11) is 0. The van der Waals surface area contributed by atoms with Crippen LogP contribution >= 0.6 is 0 Å². The van der Waals surface area contributed by atoms with Crippen molar-refractivity contribution in [2.24, 2.45) is 28.4 Å². The Balaban J connectivity index is 2.13. The molecule has 0 aliphatic heterocycles. The largest absolute Gasteiger partial charge is 0.389 e. The number of aliphatic hydroxyl groups is 1. The van der Waals surface area contributed by atoms with E-state index < -0.39 is 5.60 Å². The van der Waals surface area contributed by atoms with Crippen LogP contribution in [-0.4, -0.2) is 17.3 Å². The Bertz CT molecular complexity index is 343. The molecule has 2 rings (SSSR count). The van der Waals surface area contributed by atoms with Gasteiger partial charge >= 0.3 is 0 Å². The van der Waals surface area contributed by atoms with Gasteiger partial charge in [0.25, 0.3) is 0 Å². The number of hydrogen-bond donors (Lipinski definition) is 2. The lowest BCUT2D eigenvalue weighted by molar-refractivity contribution is -0.172. The van der Waals surface area contributed by atoms with Gasteiger partial charge < -0.3 is 10.8 Å². The van der Waals surface area contributed by atoms with Crippen LogP contribution in [0.15, 0.2) is 0 Å². The summed E-state index contributed by atoms with van der Waals surface area (Å²) in [6, 6.07) is 0. The van der Waals surface area contributed by atoms with Gasteiger partial charge in [-0.15, -0.1) is 0 Å². The second-order valence-corrected chi connectivity index (χ2v) is 8.91. The molecule has 21 heavy (non-hydrogen) atoms.